The molecule has 0 amide bonds. The van der Waals surface area contributed by atoms with E-state index in [9.17, 15) is 9.59 Å². The summed E-state index contributed by atoms with van der Waals surface area (Å²) in [5, 5.41) is 9.04. The number of ether oxygens (including phenoxy) is 1. The molecule has 1 aromatic carbocycles. The normalized spacial score (nSPS) is 13.4. The Balaban J connectivity index is 2.08. The summed E-state index contributed by atoms with van der Waals surface area (Å²) >= 11 is 0. The largest absolute Gasteiger partial charge is 0.478 e. The standard InChI is InChI=1S/C15H13NO4/c17-14-7-6-12-11(16-14)3-1-2-9-4-5-10(15(18)19)8-13(9)20-12/h4-8H,1-3H2,(H,16,17)(H,18,19). The minimum Gasteiger partial charge on any atom is -0.478 e. The summed E-state index contributed by atoms with van der Waals surface area (Å²) in [6.45, 7) is 0. The van der Waals surface area contributed by atoms with Gasteiger partial charge in [0, 0.05) is 6.07 Å². The molecule has 0 bridgehead atoms. The van der Waals surface area contributed by atoms with Crippen molar-refractivity contribution in [3.8, 4) is 11.5 Å². The number of aromatic carboxylic acids is 1. The molecule has 0 spiro atoms. The maximum absolute atomic E-state index is 11.3. The molecule has 2 aromatic rings. The Kier molecular flexibility index (Phi) is 3.02. The van der Waals surface area contributed by atoms with Crippen molar-refractivity contribution in [1.82, 2.24) is 4.98 Å². The number of aromatic nitrogens is 1. The molecule has 1 aliphatic rings. The number of carboxylic acids is 1. The molecular weight excluding hydrogens is 258 g/mol. The van der Waals surface area contributed by atoms with E-state index in [1.807, 2.05) is 0 Å². The highest BCUT2D eigenvalue weighted by Crippen LogP contribution is 2.32. The predicted octanol–water partition coefficient (Wildman–Crippen LogP) is 2.35. The monoisotopic (exact) mass is 271 g/mol. The van der Waals surface area contributed by atoms with E-state index in [0.717, 1.165) is 30.5 Å². The van der Waals surface area contributed by atoms with Crippen LogP contribution < -0.4 is 10.3 Å². The molecule has 2 N–H and O–H groups in total. The van der Waals surface area contributed by atoms with Crippen molar-refractivity contribution in [3.05, 3.63) is 57.5 Å². The highest BCUT2D eigenvalue weighted by atomic mass is 16.5. The summed E-state index contributed by atoms with van der Waals surface area (Å²) in [6, 6.07) is 7.92. The van der Waals surface area contributed by atoms with Gasteiger partial charge in [0.2, 0.25) is 5.56 Å². The van der Waals surface area contributed by atoms with Crippen LogP contribution in [0.4, 0.5) is 0 Å². The average Bonchev–Trinajstić information content (AvgIpc) is 2.40. The number of carbonyl (C=O) groups is 1. The van der Waals surface area contributed by atoms with Crippen LogP contribution in [0.5, 0.6) is 11.5 Å². The van der Waals surface area contributed by atoms with Crippen molar-refractivity contribution in [3.63, 3.8) is 0 Å². The van der Waals surface area contributed by atoms with Crippen molar-refractivity contribution in [2.45, 2.75) is 19.3 Å². The molecule has 0 radical (unpaired) electrons. The van der Waals surface area contributed by atoms with Crippen LogP contribution in [0, 0.1) is 0 Å². The summed E-state index contributed by atoms with van der Waals surface area (Å²) in [6.07, 6.45) is 2.38. The summed E-state index contributed by atoms with van der Waals surface area (Å²) in [5.41, 5.74) is 1.76. The van der Waals surface area contributed by atoms with E-state index < -0.39 is 5.97 Å². The van der Waals surface area contributed by atoms with E-state index in [0.29, 0.717) is 11.5 Å². The van der Waals surface area contributed by atoms with Crippen LogP contribution in [0.3, 0.4) is 0 Å². The second-order valence-electron chi connectivity index (χ2n) is 4.75. The van der Waals surface area contributed by atoms with Gasteiger partial charge in [0.15, 0.2) is 0 Å². The van der Waals surface area contributed by atoms with Gasteiger partial charge >= 0.3 is 5.97 Å². The molecule has 1 aromatic heterocycles. The third-order valence-corrected chi connectivity index (χ3v) is 3.36. The summed E-state index contributed by atoms with van der Waals surface area (Å²) in [7, 11) is 0. The molecule has 3 rings (SSSR count). The number of benzene rings is 1. The smallest absolute Gasteiger partial charge is 0.335 e. The topological polar surface area (TPSA) is 79.4 Å². The predicted molar refractivity (Wildman–Crippen MR) is 72.6 cm³/mol. The van der Waals surface area contributed by atoms with Gasteiger partial charge in [-0.25, -0.2) is 4.79 Å². The molecule has 0 saturated heterocycles. The number of rotatable bonds is 1. The minimum atomic E-state index is -0.986. The Labute approximate surface area is 114 Å². The second kappa shape index (κ2) is 4.85. The summed E-state index contributed by atoms with van der Waals surface area (Å²) in [5.74, 6) is 0.131. The molecule has 2 heterocycles. The fraction of sp³-hybridized carbons (Fsp3) is 0.200. The Morgan fingerprint density at radius 3 is 2.80 bits per heavy atom. The van der Waals surface area contributed by atoms with Gasteiger partial charge in [-0.2, -0.15) is 0 Å². The molecule has 0 saturated carbocycles. The number of hydrogen-bond acceptors (Lipinski definition) is 3. The lowest BCUT2D eigenvalue weighted by Gasteiger charge is -2.17. The maximum Gasteiger partial charge on any atom is 0.335 e. The molecule has 102 valence electrons. The number of aryl methyl sites for hydroxylation is 2. The third-order valence-electron chi connectivity index (χ3n) is 3.36. The van der Waals surface area contributed by atoms with Crippen LogP contribution in [0.1, 0.15) is 28.0 Å². The first-order valence-electron chi connectivity index (χ1n) is 6.40. The van der Waals surface area contributed by atoms with Gasteiger partial charge in [-0.15, -0.1) is 0 Å². The summed E-state index contributed by atoms with van der Waals surface area (Å²) < 4.78 is 5.79. The number of fused-ring (bicyclic) bond motifs is 2. The van der Waals surface area contributed by atoms with Crippen LogP contribution in [0.2, 0.25) is 0 Å². The van der Waals surface area contributed by atoms with Crippen LogP contribution in [-0.4, -0.2) is 16.1 Å². The van der Waals surface area contributed by atoms with Crippen molar-refractivity contribution in [2.24, 2.45) is 0 Å². The van der Waals surface area contributed by atoms with E-state index in [1.165, 1.54) is 12.1 Å². The van der Waals surface area contributed by atoms with Gasteiger partial charge in [0.1, 0.15) is 11.5 Å². The zero-order valence-corrected chi connectivity index (χ0v) is 10.7. The lowest BCUT2D eigenvalue weighted by atomic mass is 10.0. The Bertz CT molecular complexity index is 733. The first-order valence-corrected chi connectivity index (χ1v) is 6.40. The SMILES string of the molecule is O=C(O)c1ccc2c(c1)Oc1ccc(=O)[nH]c1CCC2. The van der Waals surface area contributed by atoms with Gasteiger partial charge < -0.3 is 14.8 Å². The average molecular weight is 271 g/mol. The number of pyridine rings is 1. The molecule has 20 heavy (non-hydrogen) atoms. The van der Waals surface area contributed by atoms with E-state index in [4.69, 9.17) is 9.84 Å². The molecule has 0 unspecified atom stereocenters. The number of carboxylic acid groups (broad SMARTS) is 1. The fourth-order valence-corrected chi connectivity index (χ4v) is 2.35. The Hall–Kier alpha value is -2.56. The van der Waals surface area contributed by atoms with Crippen LogP contribution in [0.25, 0.3) is 0 Å². The third kappa shape index (κ3) is 2.30. The highest BCUT2D eigenvalue weighted by molar-refractivity contribution is 5.88. The lowest BCUT2D eigenvalue weighted by molar-refractivity contribution is 0.0696. The quantitative estimate of drug-likeness (QED) is 0.834. The van der Waals surface area contributed by atoms with Crippen molar-refractivity contribution >= 4 is 5.97 Å². The van der Waals surface area contributed by atoms with Crippen LogP contribution >= 0.6 is 0 Å². The van der Waals surface area contributed by atoms with Crippen molar-refractivity contribution < 1.29 is 14.6 Å². The first kappa shape index (κ1) is 12.5. The molecule has 0 fully saturated rings. The van der Waals surface area contributed by atoms with E-state index in [-0.39, 0.29) is 11.1 Å². The number of H-pyrrole nitrogens is 1. The van der Waals surface area contributed by atoms with Gasteiger partial charge in [-0.3, -0.25) is 4.79 Å². The van der Waals surface area contributed by atoms with Crippen molar-refractivity contribution in [1.29, 1.82) is 0 Å². The molecule has 5 nitrogen and oxygen atoms in total. The van der Waals surface area contributed by atoms with Crippen LogP contribution in [-0.2, 0) is 12.8 Å². The van der Waals surface area contributed by atoms with Gasteiger partial charge in [-0.05, 0) is 43.0 Å². The van der Waals surface area contributed by atoms with Gasteiger partial charge in [0.05, 0.1) is 11.3 Å². The van der Waals surface area contributed by atoms with Crippen molar-refractivity contribution in [2.75, 3.05) is 0 Å². The fourth-order valence-electron chi connectivity index (χ4n) is 2.35. The number of nitrogens with one attached hydrogen (secondary N) is 1. The molecule has 0 aliphatic carbocycles. The van der Waals surface area contributed by atoms with Gasteiger partial charge in [0.25, 0.3) is 0 Å². The minimum absolute atomic E-state index is 0.160. The second-order valence-corrected chi connectivity index (χ2v) is 4.75. The zero-order valence-electron chi connectivity index (χ0n) is 10.7. The molecule has 0 atom stereocenters. The first-order chi connectivity index (χ1) is 9.63. The number of hydrogen-bond donors (Lipinski definition) is 2. The molecule has 5 heteroatoms. The Morgan fingerprint density at radius 1 is 1.15 bits per heavy atom. The highest BCUT2D eigenvalue weighted by Gasteiger charge is 2.15. The van der Waals surface area contributed by atoms with E-state index in [2.05, 4.69) is 4.98 Å². The maximum atomic E-state index is 11.3. The van der Waals surface area contributed by atoms with E-state index in [1.54, 1.807) is 18.2 Å². The lowest BCUT2D eigenvalue weighted by Crippen LogP contribution is -2.11. The zero-order chi connectivity index (χ0) is 14.1. The van der Waals surface area contributed by atoms with Crippen LogP contribution in [0.15, 0.2) is 35.1 Å². The molecule has 1 aliphatic heterocycles. The Morgan fingerprint density at radius 2 is 2.00 bits per heavy atom. The summed E-state index contributed by atoms with van der Waals surface area (Å²) in [4.78, 5) is 25.1. The number of aromatic amines is 1. The van der Waals surface area contributed by atoms with Gasteiger partial charge in [-0.1, -0.05) is 6.07 Å². The van der Waals surface area contributed by atoms with E-state index >= 15 is 0 Å². The molecular formula is C15H13NO4.